The number of furan rings is 1. The Balaban J connectivity index is 2.43. The van der Waals surface area contributed by atoms with Gasteiger partial charge < -0.3 is 9.52 Å². The number of hydrogen-bond acceptors (Lipinski definition) is 5. The van der Waals surface area contributed by atoms with Gasteiger partial charge in [0.15, 0.2) is 9.82 Å². The van der Waals surface area contributed by atoms with Crippen molar-refractivity contribution >= 4 is 65.1 Å². The molecule has 0 fully saturated rings. The summed E-state index contributed by atoms with van der Waals surface area (Å²) in [5.74, 6) is -1.90. The van der Waals surface area contributed by atoms with E-state index in [9.17, 15) is 13.2 Å². The third-order valence-electron chi connectivity index (χ3n) is 2.21. The summed E-state index contributed by atoms with van der Waals surface area (Å²) in [4.78, 5) is 14.2. The fourth-order valence-corrected chi connectivity index (χ4v) is 3.87. The zero-order valence-electron chi connectivity index (χ0n) is 9.80. The number of hydrogen-bond donors (Lipinski definition) is 2. The topological polar surface area (TPSA) is 110 Å². The summed E-state index contributed by atoms with van der Waals surface area (Å²) in [5.41, 5.74) is 0.0380. The summed E-state index contributed by atoms with van der Waals surface area (Å²) in [5, 5.41) is 8.74. The van der Waals surface area contributed by atoms with Crippen LogP contribution >= 0.6 is 43.5 Å². The Labute approximate surface area is 140 Å². The van der Waals surface area contributed by atoms with Gasteiger partial charge in [-0.1, -0.05) is 11.6 Å². The largest absolute Gasteiger partial charge is 0.475 e. The number of pyridine rings is 1. The average molecular weight is 460 g/mol. The molecule has 11 heteroatoms. The fraction of sp³-hybridized carbons (Fsp3) is 0. The van der Waals surface area contributed by atoms with Gasteiger partial charge in [0.2, 0.25) is 5.76 Å². The number of nitrogens with zero attached hydrogens (tertiary/aromatic N) is 1. The van der Waals surface area contributed by atoms with Crippen LogP contribution in [0.1, 0.15) is 10.6 Å². The summed E-state index contributed by atoms with van der Waals surface area (Å²) >= 11 is 11.8. The van der Waals surface area contributed by atoms with Crippen LogP contribution in [0.5, 0.6) is 0 Å². The molecule has 7 nitrogen and oxygen atoms in total. The van der Waals surface area contributed by atoms with E-state index in [1.54, 1.807) is 0 Å². The van der Waals surface area contributed by atoms with Crippen molar-refractivity contribution in [2.24, 2.45) is 0 Å². The molecule has 0 saturated heterocycles. The van der Waals surface area contributed by atoms with Crippen molar-refractivity contribution in [1.82, 2.24) is 4.98 Å². The Hall–Kier alpha value is -1.10. The van der Waals surface area contributed by atoms with E-state index in [-0.39, 0.29) is 20.4 Å². The summed E-state index contributed by atoms with van der Waals surface area (Å²) in [7, 11) is -4.10. The predicted molar refractivity (Wildman–Crippen MR) is 81.1 cm³/mol. The van der Waals surface area contributed by atoms with Crippen molar-refractivity contribution < 1.29 is 22.7 Å². The molecule has 0 unspecified atom stereocenters. The number of carboxylic acid groups (broad SMARTS) is 1. The lowest BCUT2D eigenvalue weighted by Gasteiger charge is -2.08. The second-order valence-electron chi connectivity index (χ2n) is 3.65. The van der Waals surface area contributed by atoms with Crippen molar-refractivity contribution in [3.05, 3.63) is 38.4 Å². The lowest BCUT2D eigenvalue weighted by atomic mass is 10.4. The molecule has 21 heavy (non-hydrogen) atoms. The molecular weight excluding hydrogens is 455 g/mol. The van der Waals surface area contributed by atoms with Crippen LogP contribution in [0, 0.1) is 0 Å². The van der Waals surface area contributed by atoms with Gasteiger partial charge >= 0.3 is 5.97 Å². The molecule has 112 valence electrons. The van der Waals surface area contributed by atoms with Gasteiger partial charge in [-0.25, -0.2) is 18.2 Å². The van der Waals surface area contributed by atoms with Crippen LogP contribution in [0.15, 0.2) is 36.8 Å². The number of rotatable bonds is 4. The van der Waals surface area contributed by atoms with Crippen molar-refractivity contribution in [2.45, 2.75) is 4.90 Å². The Morgan fingerprint density at radius 3 is 2.62 bits per heavy atom. The monoisotopic (exact) mass is 458 g/mol. The van der Waals surface area contributed by atoms with Crippen LogP contribution in [0.2, 0.25) is 5.15 Å². The maximum Gasteiger partial charge on any atom is 0.371 e. The van der Waals surface area contributed by atoms with E-state index in [0.29, 0.717) is 4.47 Å². The molecule has 0 aliphatic heterocycles. The third kappa shape index (κ3) is 3.57. The van der Waals surface area contributed by atoms with Gasteiger partial charge in [-0.05, 0) is 37.9 Å². The number of sulfonamides is 1. The smallest absolute Gasteiger partial charge is 0.371 e. The van der Waals surface area contributed by atoms with Gasteiger partial charge in [-0.2, -0.15) is 0 Å². The Morgan fingerprint density at radius 2 is 2.05 bits per heavy atom. The molecule has 0 spiro atoms. The molecule has 0 amide bonds. The number of carboxylic acids is 1. The number of anilines is 1. The Morgan fingerprint density at radius 1 is 1.38 bits per heavy atom. The Bertz CT molecular complexity index is 821. The van der Waals surface area contributed by atoms with Gasteiger partial charge in [-0.15, -0.1) is 0 Å². The van der Waals surface area contributed by atoms with Crippen molar-refractivity contribution in [3.63, 3.8) is 0 Å². The van der Waals surface area contributed by atoms with Crippen LogP contribution < -0.4 is 4.72 Å². The molecular formula is C10H5Br2ClN2O5S. The van der Waals surface area contributed by atoms with Gasteiger partial charge in [0, 0.05) is 16.7 Å². The molecule has 0 aromatic carbocycles. The first-order valence-corrected chi connectivity index (χ1v) is 8.52. The van der Waals surface area contributed by atoms with Crippen LogP contribution in [0.3, 0.4) is 0 Å². The van der Waals surface area contributed by atoms with E-state index in [4.69, 9.17) is 21.1 Å². The van der Waals surface area contributed by atoms with E-state index in [2.05, 4.69) is 41.6 Å². The minimum atomic E-state index is -4.10. The highest BCUT2D eigenvalue weighted by atomic mass is 79.9. The maximum atomic E-state index is 12.2. The second-order valence-corrected chi connectivity index (χ2v) is 7.30. The standard InChI is InChI=1S/C10H5Br2ClN2O5S/c11-4-1-5(9(13)14-3-4)15-21(18,19)7-2-6(10(16)17)20-8(7)12/h1-3,15H,(H,16,17). The van der Waals surface area contributed by atoms with Gasteiger partial charge in [0.25, 0.3) is 10.0 Å². The molecule has 2 rings (SSSR count). The molecule has 0 aliphatic rings. The van der Waals surface area contributed by atoms with Crippen molar-refractivity contribution in [3.8, 4) is 0 Å². The van der Waals surface area contributed by atoms with E-state index in [0.717, 1.165) is 6.07 Å². The van der Waals surface area contributed by atoms with Gasteiger partial charge in [-0.3, -0.25) is 4.72 Å². The van der Waals surface area contributed by atoms with Crippen LogP contribution in [-0.2, 0) is 10.0 Å². The number of carbonyl (C=O) groups is 1. The first-order valence-electron chi connectivity index (χ1n) is 5.07. The minimum absolute atomic E-state index is 0.0380. The van der Waals surface area contributed by atoms with Crippen LogP contribution in [-0.4, -0.2) is 24.5 Å². The highest BCUT2D eigenvalue weighted by molar-refractivity contribution is 9.10. The van der Waals surface area contributed by atoms with Crippen molar-refractivity contribution in [1.29, 1.82) is 0 Å². The lowest BCUT2D eigenvalue weighted by molar-refractivity contribution is 0.0661. The zero-order valence-corrected chi connectivity index (χ0v) is 14.5. The summed E-state index contributed by atoms with van der Waals surface area (Å²) < 4.78 is 31.7. The minimum Gasteiger partial charge on any atom is -0.475 e. The molecule has 0 atom stereocenters. The normalized spacial score (nSPS) is 11.4. The average Bonchev–Trinajstić information content (AvgIpc) is 2.77. The summed E-state index contributed by atoms with van der Waals surface area (Å²) in [6, 6.07) is 2.30. The quantitative estimate of drug-likeness (QED) is 0.678. The molecule has 2 aromatic rings. The number of aromatic nitrogens is 1. The molecule has 0 bridgehead atoms. The maximum absolute atomic E-state index is 12.2. The number of halogens is 3. The first-order chi connectivity index (χ1) is 9.70. The summed E-state index contributed by atoms with van der Waals surface area (Å²) in [6.45, 7) is 0. The lowest BCUT2D eigenvalue weighted by Crippen LogP contribution is -2.13. The zero-order chi connectivity index (χ0) is 15.8. The first kappa shape index (κ1) is 16.3. The van der Waals surface area contributed by atoms with Crippen LogP contribution in [0.25, 0.3) is 0 Å². The van der Waals surface area contributed by atoms with Crippen LogP contribution in [0.4, 0.5) is 5.69 Å². The molecule has 0 saturated carbocycles. The summed E-state index contributed by atoms with van der Waals surface area (Å²) in [6.07, 6.45) is 1.40. The van der Waals surface area contributed by atoms with E-state index in [1.807, 2.05) is 0 Å². The Kier molecular flexibility index (Phi) is 4.61. The van der Waals surface area contributed by atoms with Gasteiger partial charge in [0.1, 0.15) is 4.90 Å². The molecule has 2 heterocycles. The highest BCUT2D eigenvalue weighted by Gasteiger charge is 2.25. The third-order valence-corrected chi connectivity index (χ3v) is 5.16. The van der Waals surface area contributed by atoms with E-state index < -0.39 is 21.8 Å². The molecule has 0 aliphatic carbocycles. The molecule has 2 aromatic heterocycles. The number of nitrogens with one attached hydrogen (secondary N) is 1. The predicted octanol–water partition coefficient (Wildman–Crippen LogP) is 3.35. The fourth-order valence-electron chi connectivity index (χ4n) is 1.33. The highest BCUT2D eigenvalue weighted by Crippen LogP contribution is 2.30. The molecule has 0 radical (unpaired) electrons. The second kappa shape index (κ2) is 5.95. The molecule has 2 N–H and O–H groups in total. The van der Waals surface area contributed by atoms with Gasteiger partial charge in [0.05, 0.1) is 5.69 Å². The van der Waals surface area contributed by atoms with E-state index >= 15 is 0 Å². The van der Waals surface area contributed by atoms with Crippen molar-refractivity contribution in [2.75, 3.05) is 4.72 Å². The number of aromatic carboxylic acids is 1. The van der Waals surface area contributed by atoms with E-state index in [1.165, 1.54) is 12.3 Å². The SMILES string of the molecule is O=C(O)c1cc(S(=O)(=O)Nc2cc(Br)cnc2Cl)c(Br)o1.